The van der Waals surface area contributed by atoms with Crippen LogP contribution < -0.4 is 0 Å². The summed E-state index contributed by atoms with van der Waals surface area (Å²) >= 11 is 5.52. The van der Waals surface area contributed by atoms with E-state index in [-0.39, 0.29) is 12.5 Å². The summed E-state index contributed by atoms with van der Waals surface area (Å²) in [4.78, 5) is 25.9. The summed E-state index contributed by atoms with van der Waals surface area (Å²) in [7, 11) is 1.31. The van der Waals surface area contributed by atoms with E-state index in [0.717, 1.165) is 3.57 Å². The molecule has 0 aromatic heterocycles. The summed E-state index contributed by atoms with van der Waals surface area (Å²) in [6, 6.07) is 4.82. The molecule has 1 heterocycles. The van der Waals surface area contributed by atoms with Gasteiger partial charge in [0.1, 0.15) is 0 Å². The smallest absolute Gasteiger partial charge is 0.331 e. The van der Waals surface area contributed by atoms with Crippen molar-refractivity contribution in [2.24, 2.45) is 0 Å². The number of carbonyl (C=O) groups excluding carboxylic acids is 2. The van der Waals surface area contributed by atoms with E-state index in [2.05, 4.69) is 38.5 Å². The van der Waals surface area contributed by atoms with Crippen molar-refractivity contribution >= 4 is 50.4 Å². The quantitative estimate of drug-likeness (QED) is 0.508. The lowest BCUT2D eigenvalue weighted by atomic mass is 10.1. The normalized spacial score (nSPS) is 18.8. The van der Waals surface area contributed by atoms with E-state index in [1.54, 1.807) is 6.07 Å². The zero-order valence-corrected chi connectivity index (χ0v) is 14.5. The van der Waals surface area contributed by atoms with Gasteiger partial charge < -0.3 is 14.4 Å². The van der Waals surface area contributed by atoms with Crippen LogP contribution in [0.5, 0.6) is 0 Å². The van der Waals surface area contributed by atoms with Crippen LogP contribution in [0.1, 0.15) is 10.4 Å². The maximum Gasteiger partial charge on any atom is 0.331 e. The van der Waals surface area contributed by atoms with Crippen LogP contribution in [0.4, 0.5) is 0 Å². The van der Waals surface area contributed by atoms with Gasteiger partial charge in [-0.15, -0.1) is 0 Å². The number of halogens is 2. The summed E-state index contributed by atoms with van der Waals surface area (Å²) in [5.41, 5.74) is 0.535. The monoisotopic (exact) mass is 453 g/mol. The van der Waals surface area contributed by atoms with Gasteiger partial charge in [-0.1, -0.05) is 0 Å². The van der Waals surface area contributed by atoms with Crippen molar-refractivity contribution in [1.82, 2.24) is 4.90 Å². The van der Waals surface area contributed by atoms with Gasteiger partial charge in [0, 0.05) is 14.6 Å². The van der Waals surface area contributed by atoms with Gasteiger partial charge >= 0.3 is 5.97 Å². The van der Waals surface area contributed by atoms with Crippen LogP contribution in [0.3, 0.4) is 0 Å². The maximum absolute atomic E-state index is 12.6. The molecule has 1 unspecified atom stereocenters. The van der Waals surface area contributed by atoms with Crippen LogP contribution in [0.2, 0.25) is 0 Å². The highest BCUT2D eigenvalue weighted by Crippen LogP contribution is 2.23. The molecule has 1 aromatic carbocycles. The second kappa shape index (κ2) is 6.86. The Hall–Kier alpha value is -0.670. The van der Waals surface area contributed by atoms with E-state index in [9.17, 15) is 9.59 Å². The molecule has 7 heteroatoms. The van der Waals surface area contributed by atoms with Crippen molar-refractivity contribution in [1.29, 1.82) is 0 Å². The van der Waals surface area contributed by atoms with Crippen molar-refractivity contribution in [2.75, 3.05) is 26.9 Å². The minimum Gasteiger partial charge on any atom is -0.467 e. The molecule has 2 rings (SSSR count). The number of rotatable bonds is 2. The minimum atomic E-state index is -0.689. The zero-order chi connectivity index (χ0) is 14.7. The first-order valence-corrected chi connectivity index (χ1v) is 7.83. The molecule has 1 fully saturated rings. The Kier molecular flexibility index (Phi) is 5.39. The molecule has 20 heavy (non-hydrogen) atoms. The van der Waals surface area contributed by atoms with Crippen molar-refractivity contribution in [2.45, 2.75) is 6.04 Å². The highest BCUT2D eigenvalue weighted by molar-refractivity contribution is 14.1. The summed E-state index contributed by atoms with van der Waals surface area (Å²) in [5.74, 6) is -0.658. The van der Waals surface area contributed by atoms with Gasteiger partial charge in [0.15, 0.2) is 6.04 Å². The first-order valence-electron chi connectivity index (χ1n) is 5.96. The van der Waals surface area contributed by atoms with Crippen LogP contribution >= 0.6 is 38.5 Å². The lowest BCUT2D eigenvalue weighted by molar-refractivity contribution is -0.151. The number of benzene rings is 1. The molecule has 1 aliphatic rings. The van der Waals surface area contributed by atoms with Crippen LogP contribution in [0, 0.1) is 3.57 Å². The molecule has 1 atom stereocenters. The number of nitrogens with zero attached hydrogens (tertiary/aromatic N) is 1. The number of methoxy groups -OCH3 is 1. The molecule has 0 saturated carbocycles. The first-order chi connectivity index (χ1) is 9.54. The lowest BCUT2D eigenvalue weighted by Crippen LogP contribution is -2.53. The van der Waals surface area contributed by atoms with Crippen LogP contribution in [-0.2, 0) is 14.3 Å². The summed E-state index contributed by atoms with van der Waals surface area (Å²) in [6.45, 7) is 0.956. The summed E-state index contributed by atoms with van der Waals surface area (Å²) in [6.07, 6.45) is 0. The van der Waals surface area contributed by atoms with Crippen molar-refractivity contribution in [3.8, 4) is 0 Å². The lowest BCUT2D eigenvalue weighted by Gasteiger charge is -2.33. The van der Waals surface area contributed by atoms with E-state index in [4.69, 9.17) is 9.47 Å². The van der Waals surface area contributed by atoms with Crippen molar-refractivity contribution < 1.29 is 19.1 Å². The van der Waals surface area contributed by atoms with Gasteiger partial charge in [-0.05, 0) is 56.7 Å². The van der Waals surface area contributed by atoms with Crippen molar-refractivity contribution in [3.05, 3.63) is 31.8 Å². The van der Waals surface area contributed by atoms with E-state index < -0.39 is 12.0 Å². The molecular weight excluding hydrogens is 441 g/mol. The van der Waals surface area contributed by atoms with Gasteiger partial charge in [-0.3, -0.25) is 4.79 Å². The highest BCUT2D eigenvalue weighted by atomic mass is 127. The van der Waals surface area contributed by atoms with Crippen molar-refractivity contribution in [3.63, 3.8) is 0 Å². The SMILES string of the molecule is COC(=O)C1COCCN1C(=O)c1cc(I)ccc1Br. The second-order valence-corrected chi connectivity index (χ2v) is 6.34. The minimum absolute atomic E-state index is 0.167. The predicted molar refractivity (Wildman–Crippen MR) is 84.5 cm³/mol. The Morgan fingerprint density at radius 1 is 1.50 bits per heavy atom. The molecule has 1 aromatic rings. The molecule has 5 nitrogen and oxygen atoms in total. The fraction of sp³-hybridized carbons (Fsp3) is 0.385. The molecule has 0 aliphatic carbocycles. The Morgan fingerprint density at radius 3 is 2.95 bits per heavy atom. The molecule has 1 saturated heterocycles. The molecule has 0 radical (unpaired) electrons. The number of morpholine rings is 1. The first kappa shape index (κ1) is 15.7. The third-order valence-corrected chi connectivity index (χ3v) is 4.38. The fourth-order valence-corrected chi connectivity index (χ4v) is 2.90. The second-order valence-electron chi connectivity index (χ2n) is 4.24. The van der Waals surface area contributed by atoms with Crippen LogP contribution in [-0.4, -0.2) is 49.7 Å². The molecule has 1 aliphatic heterocycles. The van der Waals surface area contributed by atoms with Gasteiger partial charge in [0.25, 0.3) is 5.91 Å². The number of esters is 1. The highest BCUT2D eigenvalue weighted by Gasteiger charge is 2.34. The van der Waals surface area contributed by atoms with Crippen LogP contribution in [0.15, 0.2) is 22.7 Å². The Morgan fingerprint density at radius 2 is 2.25 bits per heavy atom. The molecule has 108 valence electrons. The number of hydrogen-bond donors (Lipinski definition) is 0. The Bertz CT molecular complexity index is 537. The third-order valence-electron chi connectivity index (χ3n) is 3.02. The van der Waals surface area contributed by atoms with E-state index in [1.165, 1.54) is 12.0 Å². The fourth-order valence-electron chi connectivity index (χ4n) is 1.99. The van der Waals surface area contributed by atoms with E-state index >= 15 is 0 Å². The predicted octanol–water partition coefficient (Wildman–Crippen LogP) is 2.07. The average Bonchev–Trinajstić information content (AvgIpc) is 2.48. The van der Waals surface area contributed by atoms with Crippen LogP contribution in [0.25, 0.3) is 0 Å². The largest absolute Gasteiger partial charge is 0.467 e. The topological polar surface area (TPSA) is 55.8 Å². The van der Waals surface area contributed by atoms with Gasteiger partial charge in [-0.25, -0.2) is 4.79 Å². The number of carbonyl (C=O) groups is 2. The standard InChI is InChI=1S/C13H13BrINO4/c1-19-13(18)11-7-20-5-4-16(11)12(17)9-6-8(15)2-3-10(9)14/h2-3,6,11H,4-5,7H2,1H3. The third kappa shape index (κ3) is 3.32. The number of ether oxygens (including phenoxy) is 2. The molecule has 0 N–H and O–H groups in total. The molecule has 0 bridgehead atoms. The summed E-state index contributed by atoms with van der Waals surface area (Å²) in [5, 5.41) is 0. The van der Waals surface area contributed by atoms with Gasteiger partial charge in [0.05, 0.1) is 25.9 Å². The summed E-state index contributed by atoms with van der Waals surface area (Å²) < 4.78 is 11.7. The number of hydrogen-bond acceptors (Lipinski definition) is 4. The van der Waals surface area contributed by atoms with Gasteiger partial charge in [0.2, 0.25) is 0 Å². The van der Waals surface area contributed by atoms with Gasteiger partial charge in [-0.2, -0.15) is 0 Å². The Labute approximate surface area is 138 Å². The zero-order valence-electron chi connectivity index (χ0n) is 10.8. The number of amides is 1. The van der Waals surface area contributed by atoms with E-state index in [0.29, 0.717) is 23.2 Å². The molecular formula is C13H13BrINO4. The molecule has 1 amide bonds. The van der Waals surface area contributed by atoms with E-state index in [1.807, 2.05) is 12.1 Å². The molecule has 0 spiro atoms. The maximum atomic E-state index is 12.6. The Balaban J connectivity index is 2.30. The average molecular weight is 454 g/mol.